The molecule has 1 N–H and O–H groups in total. The summed E-state index contributed by atoms with van der Waals surface area (Å²) in [5.41, 5.74) is 0.412. The van der Waals surface area contributed by atoms with Gasteiger partial charge in [-0.05, 0) is 43.0 Å². The Balaban J connectivity index is 1.50. The fourth-order valence-electron chi connectivity index (χ4n) is 3.26. The van der Waals surface area contributed by atoms with Crippen molar-refractivity contribution < 1.29 is 33.0 Å². The largest absolute Gasteiger partial charge is 0.501 e. The van der Waals surface area contributed by atoms with Gasteiger partial charge in [0.05, 0.1) is 17.3 Å². The smallest absolute Gasteiger partial charge is 0.375 e. The molecule has 5 rings (SSSR count). The highest BCUT2D eigenvalue weighted by molar-refractivity contribution is 8.03. The van der Waals surface area contributed by atoms with E-state index in [1.807, 2.05) is 12.1 Å². The molecular weight excluding hydrogens is 468 g/mol. The van der Waals surface area contributed by atoms with Gasteiger partial charge in [-0.1, -0.05) is 36.0 Å². The quantitative estimate of drug-likeness (QED) is 0.295. The number of aliphatic hydroxyl groups is 1. The monoisotopic (exact) mass is 484 g/mol. The van der Waals surface area contributed by atoms with Crippen LogP contribution in [0, 0.1) is 0 Å². The Hall–Kier alpha value is -3.44. The Morgan fingerprint density at radius 1 is 1.03 bits per heavy atom. The zero-order valence-electron chi connectivity index (χ0n) is 17.1. The van der Waals surface area contributed by atoms with E-state index < -0.39 is 23.3 Å². The Morgan fingerprint density at radius 3 is 2.27 bits per heavy atom. The average Bonchev–Trinajstić information content (AvgIpc) is 3.48. The summed E-state index contributed by atoms with van der Waals surface area (Å²) in [7, 11) is 0. The van der Waals surface area contributed by atoms with Crippen LogP contribution in [-0.2, 0) is 19.1 Å². The van der Waals surface area contributed by atoms with E-state index in [1.54, 1.807) is 43.3 Å². The molecule has 1 aliphatic rings. The van der Waals surface area contributed by atoms with Gasteiger partial charge in [0.2, 0.25) is 5.76 Å². The first-order valence-corrected chi connectivity index (χ1v) is 11.7. The Labute approximate surface area is 195 Å². The van der Waals surface area contributed by atoms with Gasteiger partial charge in [-0.15, -0.1) is 0 Å². The van der Waals surface area contributed by atoms with E-state index in [-0.39, 0.29) is 27.7 Å². The fraction of sp³-hybridized carbons (Fsp3) is 0.182. The first-order chi connectivity index (χ1) is 16.0. The van der Waals surface area contributed by atoms with Gasteiger partial charge in [0.15, 0.2) is 11.2 Å². The van der Waals surface area contributed by atoms with Gasteiger partial charge in [-0.25, -0.2) is 19.6 Å². The molecule has 0 aliphatic carbocycles. The molecule has 3 heterocycles. The van der Waals surface area contributed by atoms with Crippen molar-refractivity contribution in [3.8, 4) is 0 Å². The van der Waals surface area contributed by atoms with Crippen LogP contribution in [0.2, 0.25) is 0 Å². The molecule has 1 aliphatic heterocycles. The first-order valence-electron chi connectivity index (χ1n) is 9.86. The number of hydrogen-bond donors (Lipinski definition) is 1. The molecule has 2 aromatic carbocycles. The van der Waals surface area contributed by atoms with Crippen LogP contribution < -0.4 is 0 Å². The number of fused-ring (bicyclic) bond motifs is 2. The number of aliphatic hydroxyl groups excluding tert-OH is 1. The molecule has 168 valence electrons. The molecule has 0 saturated heterocycles. The zero-order valence-corrected chi connectivity index (χ0v) is 18.8. The van der Waals surface area contributed by atoms with Crippen LogP contribution in [0.25, 0.3) is 22.2 Å². The third-order valence-electron chi connectivity index (χ3n) is 4.78. The van der Waals surface area contributed by atoms with Crippen molar-refractivity contribution in [1.29, 1.82) is 0 Å². The highest BCUT2D eigenvalue weighted by Gasteiger charge is 2.56. The lowest BCUT2D eigenvalue weighted by atomic mass is 10.1. The van der Waals surface area contributed by atoms with Crippen molar-refractivity contribution in [3.05, 3.63) is 59.2 Å². The van der Waals surface area contributed by atoms with Crippen LogP contribution in [0.3, 0.4) is 0 Å². The van der Waals surface area contributed by atoms with Crippen LogP contribution in [0.4, 0.5) is 0 Å². The van der Waals surface area contributed by atoms with Gasteiger partial charge < -0.3 is 23.4 Å². The highest BCUT2D eigenvalue weighted by Crippen LogP contribution is 2.46. The molecule has 1 atom stereocenters. The lowest BCUT2D eigenvalue weighted by Gasteiger charge is -2.26. The van der Waals surface area contributed by atoms with Crippen molar-refractivity contribution in [1.82, 2.24) is 9.97 Å². The average molecular weight is 485 g/mol. The topological polar surface area (TPSA) is 125 Å². The fourth-order valence-corrected chi connectivity index (χ4v) is 5.30. The van der Waals surface area contributed by atoms with E-state index in [0.717, 1.165) is 23.5 Å². The van der Waals surface area contributed by atoms with E-state index in [0.29, 0.717) is 22.2 Å². The summed E-state index contributed by atoms with van der Waals surface area (Å²) in [6, 6.07) is 14.3. The number of oxazole rings is 2. The summed E-state index contributed by atoms with van der Waals surface area (Å²) < 4.78 is 22.0. The summed E-state index contributed by atoms with van der Waals surface area (Å²) in [6.45, 7) is 1.68. The molecule has 0 fully saturated rings. The van der Waals surface area contributed by atoms with E-state index in [1.165, 1.54) is 0 Å². The second-order valence-electron chi connectivity index (χ2n) is 6.90. The number of hydrogen-bond acceptors (Lipinski definition) is 11. The zero-order chi connectivity index (χ0) is 23.0. The van der Waals surface area contributed by atoms with Gasteiger partial charge in [-0.2, -0.15) is 0 Å². The number of esters is 2. The van der Waals surface area contributed by atoms with Gasteiger partial charge in [0, 0.05) is 0 Å². The molecule has 11 heteroatoms. The first kappa shape index (κ1) is 21.4. The molecule has 0 spiro atoms. The second-order valence-corrected chi connectivity index (χ2v) is 8.79. The molecule has 2 aromatic heterocycles. The van der Waals surface area contributed by atoms with Gasteiger partial charge in [0.25, 0.3) is 16.0 Å². The minimum absolute atomic E-state index is 0.0489. The predicted octanol–water partition coefficient (Wildman–Crippen LogP) is 4.48. The van der Waals surface area contributed by atoms with Crippen LogP contribution in [-0.4, -0.2) is 45.0 Å². The van der Waals surface area contributed by atoms with Crippen molar-refractivity contribution in [2.45, 2.75) is 23.0 Å². The number of benzene rings is 2. The summed E-state index contributed by atoms with van der Waals surface area (Å²) in [5, 5.41) is 10.9. The molecular formula is C22H16N2O7S2. The Bertz CT molecular complexity index is 1340. The predicted molar refractivity (Wildman–Crippen MR) is 120 cm³/mol. The number of nitrogens with zero attached hydrogens (tertiary/aromatic N) is 2. The molecule has 33 heavy (non-hydrogen) atoms. The van der Waals surface area contributed by atoms with Crippen molar-refractivity contribution in [2.24, 2.45) is 0 Å². The van der Waals surface area contributed by atoms with E-state index in [9.17, 15) is 14.7 Å². The number of thioether (sulfide) groups is 2. The maximum absolute atomic E-state index is 13.1. The molecule has 0 radical (unpaired) electrons. The normalized spacial score (nSPS) is 18.3. The molecule has 0 bridgehead atoms. The Kier molecular flexibility index (Phi) is 5.51. The van der Waals surface area contributed by atoms with Gasteiger partial charge in [0.1, 0.15) is 11.0 Å². The van der Waals surface area contributed by atoms with E-state index >= 15 is 0 Å². The maximum Gasteiger partial charge on any atom is 0.375 e. The summed E-state index contributed by atoms with van der Waals surface area (Å²) in [5.74, 6) is -2.71. The van der Waals surface area contributed by atoms with Crippen LogP contribution in [0.1, 0.15) is 6.92 Å². The van der Waals surface area contributed by atoms with Crippen molar-refractivity contribution in [2.75, 3.05) is 12.4 Å². The summed E-state index contributed by atoms with van der Waals surface area (Å²) in [6.07, 6.45) is 0. The van der Waals surface area contributed by atoms with E-state index in [4.69, 9.17) is 18.3 Å². The minimum Gasteiger partial charge on any atom is -0.501 e. The standard InChI is InChI=1S/C22H16N2O7S2/c1-2-28-19(27)22(11-32-20-23-12-7-3-5-9-14(12)29-20)17(16(25)18(26)31-22)33-21-24-13-8-4-6-10-15(13)30-21/h3-10,25H,2,11H2,1H3. The molecule has 9 nitrogen and oxygen atoms in total. The van der Waals surface area contributed by atoms with E-state index in [2.05, 4.69) is 9.97 Å². The SMILES string of the molecule is CCOC(=O)C1(CSc2nc3ccccc3o2)OC(=O)C(O)=C1Sc1nc2ccccc2o1. The maximum atomic E-state index is 13.1. The number of carbonyl (C=O) groups excluding carboxylic acids is 2. The molecule has 0 amide bonds. The Morgan fingerprint density at radius 2 is 1.64 bits per heavy atom. The number of rotatable bonds is 7. The van der Waals surface area contributed by atoms with Crippen molar-refractivity contribution >= 4 is 57.7 Å². The number of aromatic nitrogens is 2. The minimum atomic E-state index is -1.92. The molecule has 0 saturated carbocycles. The molecule has 1 unspecified atom stereocenters. The van der Waals surface area contributed by atoms with Crippen LogP contribution in [0.15, 0.2) is 78.5 Å². The number of ether oxygens (including phenoxy) is 2. The van der Waals surface area contributed by atoms with Crippen LogP contribution >= 0.6 is 23.5 Å². The van der Waals surface area contributed by atoms with Gasteiger partial charge >= 0.3 is 11.9 Å². The number of para-hydroxylation sites is 4. The van der Waals surface area contributed by atoms with Gasteiger partial charge in [-0.3, -0.25) is 0 Å². The lowest BCUT2D eigenvalue weighted by molar-refractivity contribution is -0.169. The third kappa shape index (κ3) is 3.83. The van der Waals surface area contributed by atoms with Crippen molar-refractivity contribution in [3.63, 3.8) is 0 Å². The number of carbonyl (C=O) groups is 2. The lowest BCUT2D eigenvalue weighted by Crippen LogP contribution is -2.44. The number of cyclic esters (lactones) is 1. The summed E-state index contributed by atoms with van der Waals surface area (Å²) in [4.78, 5) is 34.1. The highest BCUT2D eigenvalue weighted by atomic mass is 32.2. The summed E-state index contributed by atoms with van der Waals surface area (Å²) >= 11 is 1.89. The third-order valence-corrected chi connectivity index (χ3v) is 6.83. The second kappa shape index (κ2) is 8.49. The van der Waals surface area contributed by atoms with Crippen LogP contribution in [0.5, 0.6) is 0 Å². The molecule has 4 aromatic rings.